The van der Waals surface area contributed by atoms with Crippen molar-refractivity contribution in [3.63, 3.8) is 0 Å². The number of allylic oxidation sites excluding steroid dienone is 4. The Morgan fingerprint density at radius 3 is 1.78 bits per heavy atom. The van der Waals surface area contributed by atoms with Crippen LogP contribution in [0.5, 0.6) is 0 Å². The summed E-state index contributed by atoms with van der Waals surface area (Å²) in [5, 5.41) is 20.2. The molecule has 0 saturated heterocycles. The zero-order chi connectivity index (χ0) is 20.4. The van der Waals surface area contributed by atoms with Crippen LogP contribution < -0.4 is 0 Å². The van der Waals surface area contributed by atoms with Gasteiger partial charge < -0.3 is 10.2 Å². The Morgan fingerprint density at radius 1 is 0.889 bits per heavy atom. The molecule has 2 N–H and O–H groups in total. The van der Waals surface area contributed by atoms with E-state index in [0.717, 1.165) is 0 Å². The minimum absolute atomic E-state index is 0.0844. The maximum atomic E-state index is 12.2. The Labute approximate surface area is 160 Å². The number of Topliss-reactive ketones (excluding diaryl/α,β-unsaturated/α-hetero) is 2. The summed E-state index contributed by atoms with van der Waals surface area (Å²) in [5.74, 6) is -0.0364. The molecule has 1 atom stereocenters. The fourth-order valence-corrected chi connectivity index (χ4v) is 3.44. The molecule has 1 unspecified atom stereocenters. The largest absolute Gasteiger partial charge is 0.511 e. The molecule has 0 radical (unpaired) electrons. The lowest BCUT2D eigenvalue weighted by atomic mass is 9.77. The molecule has 0 bridgehead atoms. The van der Waals surface area contributed by atoms with E-state index in [1.54, 1.807) is 0 Å². The highest BCUT2D eigenvalue weighted by atomic mass is 16.3. The third kappa shape index (κ3) is 5.62. The van der Waals surface area contributed by atoms with Gasteiger partial charge in [0.25, 0.3) is 0 Å². The Balaban J connectivity index is 1.99. The zero-order valence-electron chi connectivity index (χ0n) is 16.9. The van der Waals surface area contributed by atoms with E-state index in [4.69, 9.17) is 0 Å². The molecule has 0 aliphatic heterocycles. The lowest BCUT2D eigenvalue weighted by molar-refractivity contribution is -0.118. The van der Waals surface area contributed by atoms with Crippen molar-refractivity contribution < 1.29 is 19.8 Å². The SMILES string of the molecule is CC(CN=CC1=C(O)CC(C)(C)CC1=O)N=CC1=C(O)CC(C)(C)CC1=O. The molecule has 148 valence electrons. The first-order valence-corrected chi connectivity index (χ1v) is 9.34. The van der Waals surface area contributed by atoms with E-state index in [1.165, 1.54) is 12.4 Å². The van der Waals surface area contributed by atoms with E-state index in [0.29, 0.717) is 32.2 Å². The van der Waals surface area contributed by atoms with Gasteiger partial charge in [0.05, 0.1) is 23.7 Å². The molecule has 0 heterocycles. The summed E-state index contributed by atoms with van der Waals surface area (Å²) in [5.41, 5.74) is 0.0868. The van der Waals surface area contributed by atoms with Crippen LogP contribution in [-0.2, 0) is 9.59 Å². The Morgan fingerprint density at radius 2 is 1.33 bits per heavy atom. The van der Waals surface area contributed by atoms with Crippen molar-refractivity contribution in [1.29, 1.82) is 0 Å². The third-order valence-corrected chi connectivity index (χ3v) is 4.84. The summed E-state index contributed by atoms with van der Waals surface area (Å²) in [6.07, 6.45) is 4.54. The minimum Gasteiger partial charge on any atom is -0.511 e. The number of rotatable bonds is 5. The van der Waals surface area contributed by atoms with Crippen molar-refractivity contribution in [1.82, 2.24) is 0 Å². The molecule has 0 spiro atoms. The van der Waals surface area contributed by atoms with E-state index in [1.807, 2.05) is 34.6 Å². The maximum absolute atomic E-state index is 12.2. The van der Waals surface area contributed by atoms with Crippen LogP contribution in [0.25, 0.3) is 0 Å². The van der Waals surface area contributed by atoms with Gasteiger partial charge in [-0.3, -0.25) is 19.6 Å². The van der Waals surface area contributed by atoms with Crippen molar-refractivity contribution in [2.75, 3.05) is 6.54 Å². The number of aliphatic imine (C=N–C) groups is 2. The molecule has 2 aliphatic rings. The van der Waals surface area contributed by atoms with E-state index in [9.17, 15) is 19.8 Å². The quantitative estimate of drug-likeness (QED) is 0.712. The number of carbonyl (C=O) groups excluding carboxylic acids is 2. The molecule has 0 aromatic heterocycles. The molecule has 2 rings (SSSR count). The fraction of sp³-hybridized carbons (Fsp3) is 0.619. The molecule has 0 aromatic carbocycles. The predicted molar refractivity (Wildman–Crippen MR) is 107 cm³/mol. The number of aliphatic hydroxyl groups excluding tert-OH is 2. The van der Waals surface area contributed by atoms with Gasteiger partial charge in [0.1, 0.15) is 11.5 Å². The monoisotopic (exact) mass is 374 g/mol. The summed E-state index contributed by atoms with van der Waals surface area (Å²) in [6.45, 7) is 9.95. The molecule has 6 heteroatoms. The second kappa shape index (κ2) is 7.79. The highest BCUT2D eigenvalue weighted by Crippen LogP contribution is 2.36. The Hall–Kier alpha value is -2.24. The topological polar surface area (TPSA) is 99.3 Å². The van der Waals surface area contributed by atoms with Gasteiger partial charge in [-0.2, -0.15) is 0 Å². The van der Waals surface area contributed by atoms with Gasteiger partial charge in [0.2, 0.25) is 0 Å². The second-order valence-corrected chi connectivity index (χ2v) is 9.22. The first-order valence-electron chi connectivity index (χ1n) is 9.34. The average Bonchev–Trinajstić information content (AvgIpc) is 2.46. The molecule has 2 aliphatic carbocycles. The molecular weight excluding hydrogens is 344 g/mol. The van der Waals surface area contributed by atoms with Crippen molar-refractivity contribution in [3.8, 4) is 0 Å². The summed E-state index contributed by atoms with van der Waals surface area (Å²) < 4.78 is 0. The van der Waals surface area contributed by atoms with Crippen LogP contribution >= 0.6 is 0 Å². The Bertz CT molecular complexity index is 754. The van der Waals surface area contributed by atoms with Crippen molar-refractivity contribution in [2.45, 2.75) is 66.3 Å². The smallest absolute Gasteiger partial charge is 0.168 e. The van der Waals surface area contributed by atoms with Gasteiger partial charge in [-0.05, 0) is 17.8 Å². The van der Waals surface area contributed by atoms with Crippen LogP contribution in [0.3, 0.4) is 0 Å². The summed E-state index contributed by atoms with van der Waals surface area (Å²) in [6, 6.07) is -0.220. The molecule has 27 heavy (non-hydrogen) atoms. The highest BCUT2D eigenvalue weighted by Gasteiger charge is 2.33. The normalized spacial score (nSPS) is 24.3. The maximum Gasteiger partial charge on any atom is 0.168 e. The number of nitrogens with zero attached hydrogens (tertiary/aromatic N) is 2. The number of hydrogen-bond donors (Lipinski definition) is 2. The molecule has 0 saturated carbocycles. The zero-order valence-corrected chi connectivity index (χ0v) is 16.9. The number of hydrogen-bond acceptors (Lipinski definition) is 6. The molecule has 0 fully saturated rings. The number of ketones is 2. The van der Waals surface area contributed by atoms with Crippen LogP contribution in [-0.4, -0.2) is 46.8 Å². The van der Waals surface area contributed by atoms with Gasteiger partial charge in [0.15, 0.2) is 11.6 Å². The van der Waals surface area contributed by atoms with E-state index >= 15 is 0 Å². The van der Waals surface area contributed by atoms with Gasteiger partial charge in [-0.1, -0.05) is 27.7 Å². The highest BCUT2D eigenvalue weighted by molar-refractivity contribution is 6.15. The van der Waals surface area contributed by atoms with Gasteiger partial charge in [-0.15, -0.1) is 0 Å². The first kappa shape index (κ1) is 21.1. The molecule has 0 amide bonds. The van der Waals surface area contributed by atoms with Crippen LogP contribution in [0.2, 0.25) is 0 Å². The standard InChI is InChI=1S/C21H30N2O4/c1-13(23-12-15-18(26)8-21(4,5)9-19(15)27)10-22-11-14-16(24)6-20(2,3)7-17(14)25/h11-13,24,26H,6-10H2,1-5H3. The van der Waals surface area contributed by atoms with Gasteiger partial charge >= 0.3 is 0 Å². The van der Waals surface area contributed by atoms with E-state index in [2.05, 4.69) is 9.98 Å². The van der Waals surface area contributed by atoms with E-state index in [-0.39, 0.29) is 51.1 Å². The van der Waals surface area contributed by atoms with Gasteiger partial charge in [0, 0.05) is 38.1 Å². The summed E-state index contributed by atoms with van der Waals surface area (Å²) in [7, 11) is 0. The van der Waals surface area contributed by atoms with Crippen LogP contribution in [0, 0.1) is 10.8 Å². The third-order valence-electron chi connectivity index (χ3n) is 4.84. The van der Waals surface area contributed by atoms with Crippen LogP contribution in [0.15, 0.2) is 32.6 Å². The Kier molecular flexibility index (Phi) is 6.07. The van der Waals surface area contributed by atoms with Gasteiger partial charge in [-0.25, -0.2) is 0 Å². The molecule has 0 aromatic rings. The predicted octanol–water partition coefficient (Wildman–Crippen LogP) is 3.92. The fourth-order valence-electron chi connectivity index (χ4n) is 3.44. The lowest BCUT2D eigenvalue weighted by Crippen LogP contribution is -2.26. The summed E-state index contributed by atoms with van der Waals surface area (Å²) >= 11 is 0. The average molecular weight is 374 g/mol. The number of carbonyl (C=O) groups is 2. The minimum atomic E-state index is -0.231. The molecule has 6 nitrogen and oxygen atoms in total. The lowest BCUT2D eigenvalue weighted by Gasteiger charge is -2.28. The number of aliphatic hydroxyl groups is 2. The first-order chi connectivity index (χ1) is 12.4. The van der Waals surface area contributed by atoms with Crippen LogP contribution in [0.4, 0.5) is 0 Å². The van der Waals surface area contributed by atoms with Crippen LogP contribution in [0.1, 0.15) is 60.3 Å². The summed E-state index contributed by atoms with van der Waals surface area (Å²) in [4.78, 5) is 32.8. The molecular formula is C21H30N2O4. The van der Waals surface area contributed by atoms with Crippen molar-refractivity contribution in [3.05, 3.63) is 22.7 Å². The van der Waals surface area contributed by atoms with Crippen molar-refractivity contribution in [2.24, 2.45) is 20.8 Å². The van der Waals surface area contributed by atoms with Crippen molar-refractivity contribution >= 4 is 24.0 Å². The van der Waals surface area contributed by atoms with E-state index < -0.39 is 0 Å². The second-order valence-electron chi connectivity index (χ2n) is 9.22.